The maximum absolute atomic E-state index is 13.4. The first-order chi connectivity index (χ1) is 16.1. The highest BCUT2D eigenvalue weighted by atomic mass is 32.1. The minimum absolute atomic E-state index is 0.295. The molecule has 0 saturated heterocycles. The summed E-state index contributed by atoms with van der Waals surface area (Å²) in [7, 11) is 1.84. The molecule has 33 heavy (non-hydrogen) atoms. The molecule has 164 valence electrons. The van der Waals surface area contributed by atoms with Gasteiger partial charge in [0.25, 0.3) is 5.91 Å². The van der Waals surface area contributed by atoms with Crippen LogP contribution in [0.5, 0.6) is 0 Å². The van der Waals surface area contributed by atoms with Crippen LogP contribution in [0.4, 0.5) is 4.39 Å². The van der Waals surface area contributed by atoms with Crippen LogP contribution in [0.25, 0.3) is 16.3 Å². The number of benzene rings is 2. The Morgan fingerprint density at radius 3 is 2.64 bits per heavy atom. The zero-order valence-electron chi connectivity index (χ0n) is 17.6. The average Bonchev–Trinajstić information content (AvgIpc) is 3.59. The minimum atomic E-state index is -0.552. The lowest BCUT2D eigenvalue weighted by Crippen LogP contribution is -2.31. The first-order valence-corrected chi connectivity index (χ1v) is 11.1. The number of aryl methyl sites for hydroxylation is 1. The average molecular weight is 459 g/mol. The van der Waals surface area contributed by atoms with E-state index in [9.17, 15) is 9.18 Å². The van der Waals surface area contributed by atoms with Crippen LogP contribution in [0.2, 0.25) is 0 Å². The number of imidazole rings is 1. The molecule has 0 spiro atoms. The molecule has 0 saturated carbocycles. The summed E-state index contributed by atoms with van der Waals surface area (Å²) in [5.41, 5.74) is 2.78. The third kappa shape index (κ3) is 4.31. The van der Waals surface area contributed by atoms with Crippen LogP contribution in [-0.4, -0.2) is 30.2 Å². The minimum Gasteiger partial charge on any atom is -0.337 e. The summed E-state index contributed by atoms with van der Waals surface area (Å²) < 4.78 is 17.0. The van der Waals surface area contributed by atoms with Crippen LogP contribution in [0.15, 0.2) is 84.8 Å². The standard InChI is InChI=1S/C24H19FN6OS/c1-30-12-11-26-22(30)21(16-7-9-18(25)10-8-16)29-23(32)20-15-33-24(28-20)17-13-27-31(14-17)19-5-3-2-4-6-19/h2-15,21H,1H3,(H,29,32). The third-order valence-corrected chi connectivity index (χ3v) is 6.07. The summed E-state index contributed by atoms with van der Waals surface area (Å²) in [6.07, 6.45) is 7.06. The molecule has 1 amide bonds. The third-order valence-electron chi connectivity index (χ3n) is 5.18. The Hall–Kier alpha value is -4.11. The molecule has 0 aliphatic carbocycles. The van der Waals surface area contributed by atoms with Crippen molar-refractivity contribution in [2.45, 2.75) is 6.04 Å². The van der Waals surface area contributed by atoms with Gasteiger partial charge >= 0.3 is 0 Å². The largest absolute Gasteiger partial charge is 0.337 e. The van der Waals surface area contributed by atoms with Gasteiger partial charge in [0.1, 0.15) is 28.4 Å². The fraction of sp³-hybridized carbons (Fsp3) is 0.0833. The van der Waals surface area contributed by atoms with E-state index in [0.29, 0.717) is 16.5 Å². The summed E-state index contributed by atoms with van der Waals surface area (Å²) in [4.78, 5) is 22.0. The lowest BCUT2D eigenvalue weighted by molar-refractivity contribution is 0.0937. The number of nitrogens with one attached hydrogen (secondary N) is 1. The van der Waals surface area contributed by atoms with Gasteiger partial charge in [0, 0.05) is 36.6 Å². The fourth-order valence-electron chi connectivity index (χ4n) is 3.48. The molecular formula is C24H19FN6OS. The Morgan fingerprint density at radius 2 is 1.91 bits per heavy atom. The summed E-state index contributed by atoms with van der Waals surface area (Å²) in [5, 5.41) is 9.79. The normalized spacial score (nSPS) is 11.9. The van der Waals surface area contributed by atoms with Gasteiger partial charge in [0.05, 0.1) is 11.9 Å². The Bertz CT molecular complexity index is 1390. The first-order valence-electron chi connectivity index (χ1n) is 10.2. The Labute approximate surface area is 193 Å². The van der Waals surface area contributed by atoms with Crippen molar-refractivity contribution in [3.8, 4) is 16.3 Å². The van der Waals surface area contributed by atoms with E-state index in [1.807, 2.05) is 48.1 Å². The van der Waals surface area contributed by atoms with Crippen molar-refractivity contribution in [3.05, 3.63) is 108 Å². The summed E-state index contributed by atoms with van der Waals surface area (Å²) in [5.74, 6) is -0.0521. The van der Waals surface area contributed by atoms with Gasteiger partial charge in [-0.2, -0.15) is 5.10 Å². The van der Waals surface area contributed by atoms with E-state index < -0.39 is 6.04 Å². The molecule has 3 heterocycles. The van der Waals surface area contributed by atoms with Gasteiger partial charge in [-0.05, 0) is 29.8 Å². The van der Waals surface area contributed by atoms with E-state index in [0.717, 1.165) is 16.8 Å². The molecule has 9 heteroatoms. The van der Waals surface area contributed by atoms with E-state index in [1.54, 1.807) is 40.8 Å². The number of hydrogen-bond acceptors (Lipinski definition) is 5. The summed E-state index contributed by atoms with van der Waals surface area (Å²) >= 11 is 1.37. The number of amides is 1. The molecule has 1 unspecified atom stereocenters. The number of carbonyl (C=O) groups excluding carboxylic acids is 1. The van der Waals surface area contributed by atoms with Crippen molar-refractivity contribution in [2.24, 2.45) is 7.05 Å². The molecule has 5 aromatic rings. The quantitative estimate of drug-likeness (QED) is 0.409. The number of halogens is 1. The molecule has 2 aromatic carbocycles. The van der Waals surface area contributed by atoms with Crippen LogP contribution in [-0.2, 0) is 7.05 Å². The Balaban J connectivity index is 1.39. The maximum atomic E-state index is 13.4. The number of hydrogen-bond donors (Lipinski definition) is 1. The smallest absolute Gasteiger partial charge is 0.271 e. The number of rotatable bonds is 6. The van der Waals surface area contributed by atoms with Crippen LogP contribution in [0, 0.1) is 5.82 Å². The van der Waals surface area contributed by atoms with Crippen LogP contribution >= 0.6 is 11.3 Å². The molecule has 1 atom stereocenters. The number of aromatic nitrogens is 5. The molecule has 0 bridgehead atoms. The molecular weight excluding hydrogens is 439 g/mol. The molecule has 3 aromatic heterocycles. The van der Waals surface area contributed by atoms with Gasteiger partial charge in [-0.15, -0.1) is 11.3 Å². The SMILES string of the molecule is Cn1ccnc1C(NC(=O)c1csc(-c2cnn(-c3ccccc3)c2)n1)c1ccc(F)cc1. The molecule has 0 radical (unpaired) electrons. The van der Waals surface area contributed by atoms with Crippen molar-refractivity contribution >= 4 is 17.2 Å². The van der Waals surface area contributed by atoms with Crippen molar-refractivity contribution in [3.63, 3.8) is 0 Å². The highest BCUT2D eigenvalue weighted by Crippen LogP contribution is 2.26. The topological polar surface area (TPSA) is 77.6 Å². The highest BCUT2D eigenvalue weighted by Gasteiger charge is 2.23. The fourth-order valence-corrected chi connectivity index (χ4v) is 4.25. The zero-order valence-corrected chi connectivity index (χ0v) is 18.4. The monoisotopic (exact) mass is 458 g/mol. The number of carbonyl (C=O) groups is 1. The van der Waals surface area contributed by atoms with E-state index in [4.69, 9.17) is 0 Å². The predicted octanol–water partition coefficient (Wildman–Crippen LogP) is 4.39. The van der Waals surface area contributed by atoms with E-state index in [1.165, 1.54) is 23.5 Å². The van der Waals surface area contributed by atoms with E-state index in [2.05, 4.69) is 20.4 Å². The molecule has 0 aliphatic heterocycles. The molecule has 0 aliphatic rings. The van der Waals surface area contributed by atoms with Gasteiger partial charge in [-0.3, -0.25) is 4.79 Å². The van der Waals surface area contributed by atoms with Crippen LogP contribution in [0.1, 0.15) is 27.9 Å². The predicted molar refractivity (Wildman–Crippen MR) is 124 cm³/mol. The van der Waals surface area contributed by atoms with E-state index in [-0.39, 0.29) is 11.7 Å². The first kappa shape index (κ1) is 20.8. The van der Waals surface area contributed by atoms with Gasteiger partial charge in [0.15, 0.2) is 0 Å². The lowest BCUT2D eigenvalue weighted by atomic mass is 10.1. The van der Waals surface area contributed by atoms with Gasteiger partial charge in [0.2, 0.25) is 0 Å². The molecule has 0 fully saturated rings. The van der Waals surface area contributed by atoms with Gasteiger partial charge in [-0.1, -0.05) is 30.3 Å². The molecule has 7 nitrogen and oxygen atoms in total. The highest BCUT2D eigenvalue weighted by molar-refractivity contribution is 7.13. The van der Waals surface area contributed by atoms with Gasteiger partial charge < -0.3 is 9.88 Å². The second-order valence-corrected chi connectivity index (χ2v) is 8.26. The van der Waals surface area contributed by atoms with Crippen molar-refractivity contribution in [2.75, 3.05) is 0 Å². The second-order valence-electron chi connectivity index (χ2n) is 7.40. The van der Waals surface area contributed by atoms with Crippen molar-refractivity contribution in [1.82, 2.24) is 29.6 Å². The van der Waals surface area contributed by atoms with Crippen LogP contribution < -0.4 is 5.32 Å². The Kier molecular flexibility index (Phi) is 5.54. The molecule has 5 rings (SSSR count). The van der Waals surface area contributed by atoms with Crippen molar-refractivity contribution < 1.29 is 9.18 Å². The lowest BCUT2D eigenvalue weighted by Gasteiger charge is -2.18. The zero-order chi connectivity index (χ0) is 22.8. The summed E-state index contributed by atoms with van der Waals surface area (Å²) in [6.45, 7) is 0. The van der Waals surface area contributed by atoms with E-state index >= 15 is 0 Å². The number of para-hydroxylation sites is 1. The van der Waals surface area contributed by atoms with Gasteiger partial charge in [-0.25, -0.2) is 19.0 Å². The maximum Gasteiger partial charge on any atom is 0.271 e. The molecule has 1 N–H and O–H groups in total. The Morgan fingerprint density at radius 1 is 1.12 bits per heavy atom. The summed E-state index contributed by atoms with van der Waals surface area (Å²) in [6, 6.07) is 15.2. The van der Waals surface area contributed by atoms with Crippen molar-refractivity contribution in [1.29, 1.82) is 0 Å². The second kappa shape index (κ2) is 8.79. The number of thiazole rings is 1. The number of nitrogens with zero attached hydrogens (tertiary/aromatic N) is 5. The van der Waals surface area contributed by atoms with Crippen LogP contribution in [0.3, 0.4) is 0 Å².